The van der Waals surface area contributed by atoms with Crippen molar-refractivity contribution < 1.29 is 0 Å². The van der Waals surface area contributed by atoms with Crippen LogP contribution in [0.1, 0.15) is 0 Å². The van der Waals surface area contributed by atoms with Crippen molar-refractivity contribution in [3.8, 4) is 0 Å². The molecule has 1 heterocycles. The van der Waals surface area contributed by atoms with Crippen molar-refractivity contribution >= 4 is 16.9 Å². The Morgan fingerprint density at radius 2 is 2.62 bits per heavy atom. The molecule has 0 N–H and O–H groups in total. The van der Waals surface area contributed by atoms with E-state index in [2.05, 4.69) is 11.6 Å². The molecule has 44 valence electrons. The smallest absolute Gasteiger partial charge is 0.198 e. The second-order valence-corrected chi connectivity index (χ2v) is 1.86. The van der Waals surface area contributed by atoms with Crippen molar-refractivity contribution in [2.24, 2.45) is 4.99 Å². The highest BCUT2D eigenvalue weighted by molar-refractivity contribution is 6.64. The SMILES string of the molecule is C=CN1CCN=C1Cl. The molecule has 0 saturated heterocycles. The Kier molecular flexibility index (Phi) is 1.53. The molecular weight excluding hydrogens is 124 g/mol. The first kappa shape index (κ1) is 5.63. The zero-order valence-corrected chi connectivity index (χ0v) is 5.23. The van der Waals surface area contributed by atoms with Crippen molar-refractivity contribution in [1.29, 1.82) is 0 Å². The Hall–Kier alpha value is -0.500. The van der Waals surface area contributed by atoms with E-state index < -0.39 is 0 Å². The molecule has 0 aliphatic carbocycles. The standard InChI is InChI=1S/C5H7ClN2/c1-2-8-4-3-7-5(8)6/h2H,1,3-4H2. The van der Waals surface area contributed by atoms with E-state index in [0.29, 0.717) is 5.29 Å². The molecule has 0 fully saturated rings. The molecule has 1 aliphatic heterocycles. The molecule has 8 heavy (non-hydrogen) atoms. The van der Waals surface area contributed by atoms with Crippen LogP contribution in [0.2, 0.25) is 0 Å². The summed E-state index contributed by atoms with van der Waals surface area (Å²) in [7, 11) is 0. The third-order valence-corrected chi connectivity index (χ3v) is 1.38. The molecule has 2 nitrogen and oxygen atoms in total. The van der Waals surface area contributed by atoms with Crippen LogP contribution in [-0.4, -0.2) is 23.3 Å². The molecule has 0 unspecified atom stereocenters. The lowest BCUT2D eigenvalue weighted by atomic mass is 10.6. The Labute approximate surface area is 53.5 Å². The summed E-state index contributed by atoms with van der Waals surface area (Å²) in [5, 5.41) is 0.556. The van der Waals surface area contributed by atoms with Gasteiger partial charge in [0.1, 0.15) is 0 Å². The van der Waals surface area contributed by atoms with E-state index in [9.17, 15) is 0 Å². The maximum Gasteiger partial charge on any atom is 0.198 e. The largest absolute Gasteiger partial charge is 0.322 e. The summed E-state index contributed by atoms with van der Waals surface area (Å²) in [6, 6.07) is 0. The predicted molar refractivity (Wildman–Crippen MR) is 35.1 cm³/mol. The molecule has 0 aromatic carbocycles. The summed E-state index contributed by atoms with van der Waals surface area (Å²) < 4.78 is 0. The van der Waals surface area contributed by atoms with Gasteiger partial charge in [-0.1, -0.05) is 6.58 Å². The third-order valence-electron chi connectivity index (χ3n) is 1.04. The lowest BCUT2D eigenvalue weighted by Crippen LogP contribution is -2.15. The second kappa shape index (κ2) is 2.18. The molecule has 0 aromatic rings. The average molecular weight is 131 g/mol. The molecule has 0 aromatic heterocycles. The van der Waals surface area contributed by atoms with Gasteiger partial charge < -0.3 is 4.90 Å². The van der Waals surface area contributed by atoms with Gasteiger partial charge >= 0.3 is 0 Å². The van der Waals surface area contributed by atoms with Crippen molar-refractivity contribution in [2.75, 3.05) is 13.1 Å². The van der Waals surface area contributed by atoms with E-state index in [-0.39, 0.29) is 0 Å². The Balaban J connectivity index is 2.58. The zero-order valence-electron chi connectivity index (χ0n) is 4.47. The first-order chi connectivity index (χ1) is 3.84. The number of amidine groups is 1. The van der Waals surface area contributed by atoms with Crippen LogP contribution in [-0.2, 0) is 0 Å². The lowest BCUT2D eigenvalue weighted by molar-refractivity contribution is 0.621. The summed E-state index contributed by atoms with van der Waals surface area (Å²) in [4.78, 5) is 5.73. The van der Waals surface area contributed by atoms with E-state index in [1.807, 2.05) is 4.90 Å². The minimum Gasteiger partial charge on any atom is -0.322 e. The van der Waals surface area contributed by atoms with Crippen LogP contribution in [0.3, 0.4) is 0 Å². The number of hydrogen-bond donors (Lipinski definition) is 0. The molecular formula is C5H7ClN2. The molecule has 1 aliphatic rings. The monoisotopic (exact) mass is 130 g/mol. The second-order valence-electron chi connectivity index (χ2n) is 1.53. The van der Waals surface area contributed by atoms with Crippen LogP contribution >= 0.6 is 11.6 Å². The van der Waals surface area contributed by atoms with Crippen LogP contribution in [0.25, 0.3) is 0 Å². The zero-order chi connectivity index (χ0) is 5.98. The van der Waals surface area contributed by atoms with Crippen LogP contribution in [0.4, 0.5) is 0 Å². The first-order valence-corrected chi connectivity index (χ1v) is 2.81. The number of nitrogens with zero attached hydrogens (tertiary/aromatic N) is 2. The molecule has 3 heteroatoms. The summed E-state index contributed by atoms with van der Waals surface area (Å²) in [6.07, 6.45) is 1.68. The van der Waals surface area contributed by atoms with Gasteiger partial charge in [0.05, 0.1) is 6.54 Å². The van der Waals surface area contributed by atoms with Gasteiger partial charge in [0.2, 0.25) is 0 Å². The number of aliphatic imine (C=N–C) groups is 1. The maximum absolute atomic E-state index is 5.58. The normalized spacial score (nSPS) is 18.6. The number of hydrogen-bond acceptors (Lipinski definition) is 2. The predicted octanol–water partition coefficient (Wildman–Crippen LogP) is 1.04. The Morgan fingerprint density at radius 3 is 2.88 bits per heavy atom. The highest BCUT2D eigenvalue weighted by Crippen LogP contribution is 2.03. The Bertz CT molecular complexity index is 130. The average Bonchev–Trinajstić information content (AvgIpc) is 2.14. The summed E-state index contributed by atoms with van der Waals surface area (Å²) in [5.41, 5.74) is 0. The lowest BCUT2D eigenvalue weighted by Gasteiger charge is -2.06. The van der Waals surface area contributed by atoms with Gasteiger partial charge in [0.15, 0.2) is 5.29 Å². The fraction of sp³-hybridized carbons (Fsp3) is 0.400. The molecule has 0 radical (unpaired) electrons. The van der Waals surface area contributed by atoms with Crippen LogP contribution in [0.15, 0.2) is 17.8 Å². The Morgan fingerprint density at radius 1 is 1.88 bits per heavy atom. The van der Waals surface area contributed by atoms with E-state index in [1.165, 1.54) is 0 Å². The molecule has 0 amide bonds. The van der Waals surface area contributed by atoms with E-state index >= 15 is 0 Å². The minimum absolute atomic E-state index is 0.556. The van der Waals surface area contributed by atoms with Gasteiger partial charge in [-0.05, 0) is 17.8 Å². The van der Waals surface area contributed by atoms with Crippen LogP contribution < -0.4 is 0 Å². The van der Waals surface area contributed by atoms with Crippen LogP contribution in [0, 0.1) is 0 Å². The molecule has 0 bridgehead atoms. The molecule has 0 spiro atoms. The minimum atomic E-state index is 0.556. The van der Waals surface area contributed by atoms with Gasteiger partial charge in [0.25, 0.3) is 0 Å². The number of rotatable bonds is 1. The summed E-state index contributed by atoms with van der Waals surface area (Å²) in [5.74, 6) is 0. The highest BCUT2D eigenvalue weighted by atomic mass is 35.5. The van der Waals surface area contributed by atoms with Gasteiger partial charge in [0, 0.05) is 6.54 Å². The molecule has 1 rings (SSSR count). The van der Waals surface area contributed by atoms with E-state index in [4.69, 9.17) is 11.6 Å². The van der Waals surface area contributed by atoms with Crippen molar-refractivity contribution in [1.82, 2.24) is 4.90 Å². The highest BCUT2D eigenvalue weighted by Gasteiger charge is 2.09. The van der Waals surface area contributed by atoms with Crippen molar-refractivity contribution in [2.45, 2.75) is 0 Å². The van der Waals surface area contributed by atoms with Crippen LogP contribution in [0.5, 0.6) is 0 Å². The van der Waals surface area contributed by atoms with Gasteiger partial charge in [-0.15, -0.1) is 0 Å². The van der Waals surface area contributed by atoms with E-state index in [1.54, 1.807) is 6.20 Å². The molecule has 0 atom stereocenters. The third kappa shape index (κ3) is 0.842. The van der Waals surface area contributed by atoms with Gasteiger partial charge in [-0.25, -0.2) is 0 Å². The van der Waals surface area contributed by atoms with Crippen molar-refractivity contribution in [3.63, 3.8) is 0 Å². The van der Waals surface area contributed by atoms with Crippen molar-refractivity contribution in [3.05, 3.63) is 12.8 Å². The van der Waals surface area contributed by atoms with Gasteiger partial charge in [-0.2, -0.15) is 0 Å². The summed E-state index contributed by atoms with van der Waals surface area (Å²) in [6.45, 7) is 5.23. The first-order valence-electron chi connectivity index (χ1n) is 2.44. The van der Waals surface area contributed by atoms with Gasteiger partial charge in [-0.3, -0.25) is 4.99 Å². The fourth-order valence-corrected chi connectivity index (χ4v) is 0.838. The molecule has 0 saturated carbocycles. The maximum atomic E-state index is 5.58. The topological polar surface area (TPSA) is 15.6 Å². The fourth-order valence-electron chi connectivity index (χ4n) is 0.600. The quantitative estimate of drug-likeness (QED) is 0.485. The number of halogens is 1. The van der Waals surface area contributed by atoms with E-state index in [0.717, 1.165) is 13.1 Å². The summed E-state index contributed by atoms with van der Waals surface area (Å²) >= 11 is 5.58.